The van der Waals surface area contributed by atoms with Gasteiger partial charge in [-0.15, -0.1) is 0 Å². The monoisotopic (exact) mass is 283 g/mol. The van der Waals surface area contributed by atoms with Gasteiger partial charge < -0.3 is 15.1 Å². The lowest BCUT2D eigenvalue weighted by atomic mass is 10.1. The molecule has 1 aromatic rings. The molecule has 2 unspecified atom stereocenters. The van der Waals surface area contributed by atoms with E-state index >= 15 is 0 Å². The summed E-state index contributed by atoms with van der Waals surface area (Å²) in [6.07, 6.45) is -0.798. The predicted octanol–water partition coefficient (Wildman–Crippen LogP) is 1.37. The second kappa shape index (κ2) is 7.00. The molecular weight excluding hydrogens is 265 g/mol. The van der Waals surface area contributed by atoms with Crippen molar-refractivity contribution in [2.75, 3.05) is 13.1 Å². The Bertz CT molecular complexity index is 490. The Kier molecular flexibility index (Phi) is 5.64. The van der Waals surface area contributed by atoms with Crippen molar-refractivity contribution in [2.45, 2.75) is 20.0 Å². The fraction of sp³-hybridized carbons (Fsp3) is 0.429. The first-order chi connectivity index (χ1) is 9.31. The van der Waals surface area contributed by atoms with E-state index < -0.39 is 29.7 Å². The highest BCUT2D eigenvalue weighted by atomic mass is 19.1. The Balaban J connectivity index is 2.92. The Morgan fingerprint density at radius 3 is 2.45 bits per heavy atom. The van der Waals surface area contributed by atoms with Gasteiger partial charge >= 0.3 is 5.97 Å². The van der Waals surface area contributed by atoms with Crippen molar-refractivity contribution in [3.05, 3.63) is 35.6 Å². The number of nitrogens with zero attached hydrogens (tertiary/aromatic N) is 1. The zero-order valence-electron chi connectivity index (χ0n) is 11.4. The Morgan fingerprint density at radius 1 is 1.30 bits per heavy atom. The molecule has 0 aliphatic heterocycles. The summed E-state index contributed by atoms with van der Waals surface area (Å²) in [5.41, 5.74) is 0.128. The van der Waals surface area contributed by atoms with Gasteiger partial charge in [0.25, 0.3) is 5.91 Å². The smallest absolute Gasteiger partial charge is 0.308 e. The standard InChI is InChI=1S/C14H18FNO4/c1-9(14(19)20)7-16(8-10(2)17)13(18)11-4-3-5-12(15)6-11/h3-6,9-10,17H,7-8H2,1-2H3,(H,19,20). The van der Waals surface area contributed by atoms with E-state index in [0.717, 1.165) is 6.07 Å². The van der Waals surface area contributed by atoms with Crippen molar-refractivity contribution < 1.29 is 24.2 Å². The van der Waals surface area contributed by atoms with Gasteiger partial charge in [-0.2, -0.15) is 0 Å². The maximum Gasteiger partial charge on any atom is 0.308 e. The van der Waals surface area contributed by atoms with E-state index in [1.807, 2.05) is 0 Å². The largest absolute Gasteiger partial charge is 0.481 e. The van der Waals surface area contributed by atoms with Gasteiger partial charge in [-0.3, -0.25) is 9.59 Å². The van der Waals surface area contributed by atoms with Crippen LogP contribution in [0.25, 0.3) is 0 Å². The summed E-state index contributed by atoms with van der Waals surface area (Å²) in [6.45, 7) is 2.91. The molecule has 0 saturated carbocycles. The molecule has 20 heavy (non-hydrogen) atoms. The summed E-state index contributed by atoms with van der Waals surface area (Å²) in [5.74, 6) is -2.85. The molecule has 0 radical (unpaired) electrons. The van der Waals surface area contributed by atoms with E-state index in [1.165, 1.54) is 36.9 Å². The van der Waals surface area contributed by atoms with Crippen LogP contribution in [0.5, 0.6) is 0 Å². The summed E-state index contributed by atoms with van der Waals surface area (Å²) in [7, 11) is 0. The zero-order valence-corrected chi connectivity index (χ0v) is 11.4. The third-order valence-corrected chi connectivity index (χ3v) is 2.76. The maximum absolute atomic E-state index is 13.1. The molecule has 2 N–H and O–H groups in total. The van der Waals surface area contributed by atoms with Crippen LogP contribution in [0.3, 0.4) is 0 Å². The predicted molar refractivity (Wildman–Crippen MR) is 70.8 cm³/mol. The zero-order chi connectivity index (χ0) is 15.3. The average molecular weight is 283 g/mol. The first-order valence-corrected chi connectivity index (χ1v) is 6.27. The minimum Gasteiger partial charge on any atom is -0.481 e. The normalized spacial score (nSPS) is 13.6. The van der Waals surface area contributed by atoms with Crippen LogP contribution in [0.15, 0.2) is 24.3 Å². The molecule has 0 fully saturated rings. The number of aliphatic hydroxyl groups is 1. The van der Waals surface area contributed by atoms with Gasteiger partial charge in [0.15, 0.2) is 0 Å². The van der Waals surface area contributed by atoms with Crippen molar-refractivity contribution >= 4 is 11.9 Å². The molecule has 1 amide bonds. The van der Waals surface area contributed by atoms with Gasteiger partial charge in [0.05, 0.1) is 12.0 Å². The van der Waals surface area contributed by atoms with Gasteiger partial charge in [0, 0.05) is 18.7 Å². The first kappa shape index (κ1) is 16.1. The van der Waals surface area contributed by atoms with Crippen molar-refractivity contribution in [1.29, 1.82) is 0 Å². The molecule has 110 valence electrons. The number of rotatable bonds is 6. The molecule has 6 heteroatoms. The number of hydrogen-bond donors (Lipinski definition) is 2. The van der Waals surface area contributed by atoms with Crippen LogP contribution < -0.4 is 0 Å². The lowest BCUT2D eigenvalue weighted by molar-refractivity contribution is -0.141. The number of carbonyl (C=O) groups excluding carboxylic acids is 1. The van der Waals surface area contributed by atoms with Crippen LogP contribution in [0.1, 0.15) is 24.2 Å². The maximum atomic E-state index is 13.1. The van der Waals surface area contributed by atoms with E-state index in [0.29, 0.717) is 0 Å². The van der Waals surface area contributed by atoms with Crippen molar-refractivity contribution in [1.82, 2.24) is 4.90 Å². The highest BCUT2D eigenvalue weighted by Crippen LogP contribution is 2.10. The minimum absolute atomic E-state index is 0.00698. The van der Waals surface area contributed by atoms with E-state index in [1.54, 1.807) is 0 Å². The fourth-order valence-corrected chi connectivity index (χ4v) is 1.77. The average Bonchev–Trinajstić information content (AvgIpc) is 2.36. The van der Waals surface area contributed by atoms with Gasteiger partial charge in [0.2, 0.25) is 0 Å². The molecule has 0 heterocycles. The fourth-order valence-electron chi connectivity index (χ4n) is 1.77. The van der Waals surface area contributed by atoms with Crippen LogP contribution in [0.4, 0.5) is 4.39 Å². The van der Waals surface area contributed by atoms with Gasteiger partial charge in [-0.05, 0) is 25.1 Å². The highest BCUT2D eigenvalue weighted by Gasteiger charge is 2.23. The Hall–Kier alpha value is -1.95. The highest BCUT2D eigenvalue weighted by molar-refractivity contribution is 5.94. The van der Waals surface area contributed by atoms with E-state index in [4.69, 9.17) is 5.11 Å². The summed E-state index contributed by atoms with van der Waals surface area (Å²) in [5, 5.41) is 18.3. The van der Waals surface area contributed by atoms with Crippen LogP contribution in [-0.2, 0) is 4.79 Å². The second-order valence-corrected chi connectivity index (χ2v) is 4.81. The van der Waals surface area contributed by atoms with Gasteiger partial charge in [0.1, 0.15) is 5.82 Å². The number of aliphatic carboxylic acids is 1. The third-order valence-electron chi connectivity index (χ3n) is 2.76. The molecule has 2 atom stereocenters. The van der Waals surface area contributed by atoms with Crippen molar-refractivity contribution in [3.63, 3.8) is 0 Å². The van der Waals surface area contributed by atoms with Crippen LogP contribution in [-0.4, -0.2) is 46.2 Å². The van der Waals surface area contributed by atoms with Crippen molar-refractivity contribution in [2.24, 2.45) is 5.92 Å². The summed E-state index contributed by atoms with van der Waals surface area (Å²) >= 11 is 0. The molecule has 1 aromatic carbocycles. The number of benzene rings is 1. The lowest BCUT2D eigenvalue weighted by Gasteiger charge is -2.25. The van der Waals surface area contributed by atoms with Gasteiger partial charge in [-0.1, -0.05) is 13.0 Å². The second-order valence-electron chi connectivity index (χ2n) is 4.81. The first-order valence-electron chi connectivity index (χ1n) is 6.27. The molecule has 0 spiro atoms. The molecule has 0 saturated heterocycles. The Labute approximate surface area is 116 Å². The number of carboxylic acids is 1. The Morgan fingerprint density at radius 2 is 1.95 bits per heavy atom. The minimum atomic E-state index is -1.03. The lowest BCUT2D eigenvalue weighted by Crippen LogP contribution is -2.41. The van der Waals surface area contributed by atoms with Gasteiger partial charge in [-0.25, -0.2) is 4.39 Å². The quantitative estimate of drug-likeness (QED) is 0.826. The summed E-state index contributed by atoms with van der Waals surface area (Å²) < 4.78 is 13.1. The van der Waals surface area contributed by atoms with E-state index in [9.17, 15) is 19.1 Å². The van der Waals surface area contributed by atoms with Crippen LogP contribution in [0.2, 0.25) is 0 Å². The van der Waals surface area contributed by atoms with Crippen LogP contribution >= 0.6 is 0 Å². The number of hydrogen-bond acceptors (Lipinski definition) is 3. The van der Waals surface area contributed by atoms with Crippen LogP contribution in [0, 0.1) is 11.7 Å². The molecule has 0 aromatic heterocycles. The molecule has 0 bridgehead atoms. The number of carbonyl (C=O) groups is 2. The summed E-state index contributed by atoms with van der Waals surface area (Å²) in [6, 6.07) is 5.16. The molecule has 1 rings (SSSR count). The molecule has 0 aliphatic carbocycles. The van der Waals surface area contributed by atoms with Crippen molar-refractivity contribution in [3.8, 4) is 0 Å². The molecule has 0 aliphatic rings. The topological polar surface area (TPSA) is 77.8 Å². The summed E-state index contributed by atoms with van der Waals surface area (Å²) in [4.78, 5) is 24.3. The molecular formula is C14H18FNO4. The SMILES string of the molecule is CC(O)CN(CC(C)C(=O)O)C(=O)c1cccc(F)c1. The van der Waals surface area contributed by atoms with E-state index in [-0.39, 0.29) is 18.7 Å². The number of carboxylic acid groups (broad SMARTS) is 1. The third kappa shape index (κ3) is 4.62. The number of amides is 1. The number of halogens is 1. The van der Waals surface area contributed by atoms with E-state index in [2.05, 4.69) is 0 Å². The number of aliphatic hydroxyl groups excluding tert-OH is 1. The molecule has 5 nitrogen and oxygen atoms in total.